The fourth-order valence-corrected chi connectivity index (χ4v) is 2.58. The van der Waals surface area contributed by atoms with Gasteiger partial charge in [0, 0.05) is 17.8 Å². The summed E-state index contributed by atoms with van der Waals surface area (Å²) in [5.74, 6) is -0.471. The van der Waals surface area contributed by atoms with Crippen molar-refractivity contribution in [2.45, 2.75) is 52.5 Å². The van der Waals surface area contributed by atoms with E-state index in [4.69, 9.17) is 5.41 Å². The molecule has 9 heteroatoms. The molecule has 1 aromatic heterocycles. The lowest BCUT2D eigenvalue weighted by atomic mass is 10.0. The molecule has 1 heterocycles. The number of halogens is 2. The molecule has 1 amide bonds. The highest BCUT2D eigenvalue weighted by Crippen LogP contribution is 2.23. The minimum Gasteiger partial charge on any atom is -0.435 e. The number of anilines is 1. The van der Waals surface area contributed by atoms with Gasteiger partial charge in [-0.2, -0.15) is 8.78 Å². The van der Waals surface area contributed by atoms with Crippen LogP contribution < -0.4 is 15.4 Å². The Labute approximate surface area is 174 Å². The summed E-state index contributed by atoms with van der Waals surface area (Å²) in [6.45, 7) is 4.08. The van der Waals surface area contributed by atoms with E-state index in [-0.39, 0.29) is 28.8 Å². The van der Waals surface area contributed by atoms with E-state index < -0.39 is 24.7 Å². The Morgan fingerprint density at radius 3 is 2.47 bits per heavy atom. The van der Waals surface area contributed by atoms with Crippen LogP contribution in [0.25, 0.3) is 0 Å². The lowest BCUT2D eigenvalue weighted by Crippen LogP contribution is -2.39. The zero-order chi connectivity index (χ0) is 22.4. The van der Waals surface area contributed by atoms with Crippen LogP contribution in [0.5, 0.6) is 5.75 Å². The van der Waals surface area contributed by atoms with Gasteiger partial charge >= 0.3 is 6.61 Å². The van der Waals surface area contributed by atoms with Crippen LogP contribution in [-0.4, -0.2) is 46.5 Å². The number of carbonyl (C=O) groups excluding carboxylic acids is 1. The van der Waals surface area contributed by atoms with Crippen molar-refractivity contribution in [3.63, 3.8) is 0 Å². The second-order valence-corrected chi connectivity index (χ2v) is 7.20. The van der Waals surface area contributed by atoms with Crippen molar-refractivity contribution in [2.24, 2.45) is 0 Å². The van der Waals surface area contributed by atoms with Gasteiger partial charge in [-0.15, -0.1) is 0 Å². The fourth-order valence-electron chi connectivity index (χ4n) is 2.58. The molecule has 0 bridgehead atoms. The minimum absolute atomic E-state index is 0.0119. The molecule has 0 spiro atoms. The van der Waals surface area contributed by atoms with E-state index in [1.165, 1.54) is 24.4 Å². The van der Waals surface area contributed by atoms with Gasteiger partial charge in [-0.05, 0) is 45.9 Å². The highest BCUT2D eigenvalue weighted by atomic mass is 19.3. The SMILES string of the molecule is CC(C)Nc1cc(C(=O)NC(C)C(C)O)cnc1C(=N)c1cccc(OC(F)F)c1. The monoisotopic (exact) mass is 420 g/mol. The highest BCUT2D eigenvalue weighted by Gasteiger charge is 2.19. The van der Waals surface area contributed by atoms with Crippen molar-refractivity contribution in [1.82, 2.24) is 10.3 Å². The summed E-state index contributed by atoms with van der Waals surface area (Å²) < 4.78 is 29.4. The van der Waals surface area contributed by atoms with Crippen LogP contribution in [0, 0.1) is 5.41 Å². The molecule has 0 aliphatic carbocycles. The average Bonchev–Trinajstić information content (AvgIpc) is 2.66. The van der Waals surface area contributed by atoms with Crippen LogP contribution in [0.4, 0.5) is 14.5 Å². The Bertz CT molecular complexity index is 904. The summed E-state index contributed by atoms with van der Waals surface area (Å²) in [6.07, 6.45) is 0.615. The van der Waals surface area contributed by atoms with Gasteiger partial charge in [0.15, 0.2) is 0 Å². The van der Waals surface area contributed by atoms with E-state index >= 15 is 0 Å². The number of hydrogen-bond acceptors (Lipinski definition) is 6. The molecule has 7 nitrogen and oxygen atoms in total. The Morgan fingerprint density at radius 2 is 1.87 bits per heavy atom. The number of aliphatic hydroxyl groups excluding tert-OH is 1. The quantitative estimate of drug-likeness (QED) is 0.465. The summed E-state index contributed by atoms with van der Waals surface area (Å²) in [5.41, 5.74) is 1.30. The van der Waals surface area contributed by atoms with Gasteiger partial charge in [-0.1, -0.05) is 12.1 Å². The molecular weight excluding hydrogens is 394 g/mol. The molecule has 0 fully saturated rings. The molecule has 2 rings (SSSR count). The Morgan fingerprint density at radius 1 is 1.17 bits per heavy atom. The first-order valence-electron chi connectivity index (χ1n) is 9.48. The molecular formula is C21H26F2N4O3. The first-order valence-corrected chi connectivity index (χ1v) is 9.48. The Kier molecular flexibility index (Phi) is 7.82. The number of alkyl halides is 2. The van der Waals surface area contributed by atoms with Crippen molar-refractivity contribution in [1.29, 1.82) is 5.41 Å². The van der Waals surface area contributed by atoms with Crippen LogP contribution in [0.3, 0.4) is 0 Å². The molecule has 0 aliphatic heterocycles. The van der Waals surface area contributed by atoms with Crippen LogP contribution in [-0.2, 0) is 0 Å². The van der Waals surface area contributed by atoms with Gasteiger partial charge in [-0.3, -0.25) is 15.2 Å². The van der Waals surface area contributed by atoms with E-state index in [1.807, 2.05) is 13.8 Å². The van der Waals surface area contributed by atoms with E-state index in [2.05, 4.69) is 20.4 Å². The first-order chi connectivity index (χ1) is 14.1. The van der Waals surface area contributed by atoms with Crippen molar-refractivity contribution < 1.29 is 23.4 Å². The number of nitrogens with one attached hydrogen (secondary N) is 3. The second kappa shape index (κ2) is 10.1. The predicted molar refractivity (Wildman–Crippen MR) is 111 cm³/mol. The molecule has 0 saturated carbocycles. The van der Waals surface area contributed by atoms with Crippen LogP contribution in [0.15, 0.2) is 36.5 Å². The van der Waals surface area contributed by atoms with E-state index in [1.54, 1.807) is 26.0 Å². The maximum atomic E-state index is 12.5. The van der Waals surface area contributed by atoms with Gasteiger partial charge < -0.3 is 20.5 Å². The number of amides is 1. The van der Waals surface area contributed by atoms with Gasteiger partial charge in [-0.25, -0.2) is 0 Å². The van der Waals surface area contributed by atoms with E-state index in [0.717, 1.165) is 0 Å². The van der Waals surface area contributed by atoms with E-state index in [0.29, 0.717) is 11.3 Å². The number of benzene rings is 1. The summed E-state index contributed by atoms with van der Waals surface area (Å²) in [6, 6.07) is 6.92. The third-order valence-corrected chi connectivity index (χ3v) is 4.26. The Balaban J connectivity index is 2.37. The summed E-state index contributed by atoms with van der Waals surface area (Å²) >= 11 is 0. The lowest BCUT2D eigenvalue weighted by Gasteiger charge is -2.19. The topological polar surface area (TPSA) is 107 Å². The molecule has 0 radical (unpaired) electrons. The molecule has 0 saturated heterocycles. The number of hydrogen-bond donors (Lipinski definition) is 4. The van der Waals surface area contributed by atoms with E-state index in [9.17, 15) is 18.7 Å². The van der Waals surface area contributed by atoms with Gasteiger partial charge in [0.25, 0.3) is 5.91 Å². The highest BCUT2D eigenvalue weighted by molar-refractivity contribution is 6.13. The lowest BCUT2D eigenvalue weighted by molar-refractivity contribution is -0.0498. The second-order valence-electron chi connectivity index (χ2n) is 7.20. The normalized spacial score (nSPS) is 13.1. The summed E-state index contributed by atoms with van der Waals surface area (Å²) in [7, 11) is 0. The molecule has 2 unspecified atom stereocenters. The predicted octanol–water partition coefficient (Wildman–Crippen LogP) is 3.42. The number of ether oxygens (including phenoxy) is 1. The molecule has 162 valence electrons. The number of aliphatic hydroxyl groups is 1. The molecule has 30 heavy (non-hydrogen) atoms. The largest absolute Gasteiger partial charge is 0.435 e. The molecule has 0 aliphatic rings. The van der Waals surface area contributed by atoms with Crippen LogP contribution >= 0.6 is 0 Å². The number of aromatic nitrogens is 1. The number of pyridine rings is 1. The number of carbonyl (C=O) groups is 1. The van der Waals surface area contributed by atoms with Crippen LogP contribution in [0.2, 0.25) is 0 Å². The average molecular weight is 420 g/mol. The third kappa shape index (κ3) is 6.21. The zero-order valence-corrected chi connectivity index (χ0v) is 17.2. The standard InChI is InChI=1S/C21H26F2N4O3/c1-11(2)26-17-9-15(20(29)27-12(3)13(4)28)10-25-19(17)18(24)14-6-5-7-16(8-14)30-21(22)23/h5-13,21,24,26,28H,1-4H3,(H,27,29). The molecule has 2 atom stereocenters. The molecule has 4 N–H and O–H groups in total. The fraction of sp³-hybridized carbons (Fsp3) is 0.381. The maximum absolute atomic E-state index is 12.5. The number of nitrogens with zero attached hydrogens (tertiary/aromatic N) is 1. The smallest absolute Gasteiger partial charge is 0.387 e. The number of rotatable bonds is 9. The maximum Gasteiger partial charge on any atom is 0.387 e. The third-order valence-electron chi connectivity index (χ3n) is 4.26. The van der Waals surface area contributed by atoms with Gasteiger partial charge in [0.2, 0.25) is 0 Å². The summed E-state index contributed by atoms with van der Waals surface area (Å²) in [5, 5.41) is 23.9. The van der Waals surface area contributed by atoms with Gasteiger partial charge in [0.1, 0.15) is 11.4 Å². The first kappa shape index (κ1) is 23.2. The zero-order valence-electron chi connectivity index (χ0n) is 17.2. The van der Waals surface area contributed by atoms with Crippen molar-refractivity contribution >= 4 is 17.3 Å². The van der Waals surface area contributed by atoms with Crippen LogP contribution in [0.1, 0.15) is 49.3 Å². The van der Waals surface area contributed by atoms with Gasteiger partial charge in [0.05, 0.1) is 29.1 Å². The summed E-state index contributed by atoms with van der Waals surface area (Å²) in [4.78, 5) is 16.7. The van der Waals surface area contributed by atoms with Crippen molar-refractivity contribution in [3.8, 4) is 5.75 Å². The Hall–Kier alpha value is -3.07. The molecule has 2 aromatic rings. The van der Waals surface area contributed by atoms with Crippen molar-refractivity contribution in [3.05, 3.63) is 53.3 Å². The molecule has 1 aromatic carbocycles. The minimum atomic E-state index is -2.97. The van der Waals surface area contributed by atoms with Crippen molar-refractivity contribution in [2.75, 3.05) is 5.32 Å².